The smallest absolute Gasteiger partial charge is 0.136 e. The van der Waals surface area contributed by atoms with E-state index in [1.165, 1.54) is 0 Å². The van der Waals surface area contributed by atoms with Crippen molar-refractivity contribution in [2.45, 2.75) is 6.54 Å². The van der Waals surface area contributed by atoms with Gasteiger partial charge in [-0.05, 0) is 29.8 Å². The lowest BCUT2D eigenvalue weighted by atomic mass is 10.1. The number of hydrogen-bond donors (Lipinski definition) is 1. The Morgan fingerprint density at radius 2 is 2.28 bits per heavy atom. The Kier molecular flexibility index (Phi) is 3.77. The average molecular weight is 239 g/mol. The molecule has 2 aromatic rings. The molecule has 90 valence electrons. The molecule has 0 unspecified atom stereocenters. The zero-order valence-corrected chi connectivity index (χ0v) is 10.1. The van der Waals surface area contributed by atoms with Crippen LogP contribution >= 0.6 is 0 Å². The second kappa shape index (κ2) is 5.69. The van der Waals surface area contributed by atoms with Gasteiger partial charge >= 0.3 is 0 Å². The third kappa shape index (κ3) is 2.77. The number of rotatable bonds is 4. The molecule has 4 nitrogen and oxygen atoms in total. The first-order valence-electron chi connectivity index (χ1n) is 5.54. The van der Waals surface area contributed by atoms with E-state index in [9.17, 15) is 0 Å². The lowest BCUT2D eigenvalue weighted by Crippen LogP contribution is -2.00. The molecule has 1 heterocycles. The Morgan fingerprint density at radius 3 is 2.94 bits per heavy atom. The van der Waals surface area contributed by atoms with E-state index in [-0.39, 0.29) is 0 Å². The first-order valence-corrected chi connectivity index (χ1v) is 5.54. The Hall–Kier alpha value is -2.54. The van der Waals surface area contributed by atoms with Crippen molar-refractivity contribution in [1.82, 2.24) is 4.98 Å². The van der Waals surface area contributed by atoms with Crippen LogP contribution in [0.4, 0.5) is 5.69 Å². The highest BCUT2D eigenvalue weighted by Crippen LogP contribution is 2.19. The number of aromatic nitrogens is 1. The molecule has 0 fully saturated rings. The summed E-state index contributed by atoms with van der Waals surface area (Å²) in [6, 6.07) is 11.5. The van der Waals surface area contributed by atoms with Gasteiger partial charge in [-0.15, -0.1) is 0 Å². The van der Waals surface area contributed by atoms with Gasteiger partial charge in [0.1, 0.15) is 11.8 Å². The van der Waals surface area contributed by atoms with E-state index in [4.69, 9.17) is 10.00 Å². The molecule has 0 aliphatic heterocycles. The molecule has 1 N–H and O–H groups in total. The van der Waals surface area contributed by atoms with Crippen molar-refractivity contribution in [3.8, 4) is 11.8 Å². The highest BCUT2D eigenvalue weighted by molar-refractivity contribution is 5.47. The van der Waals surface area contributed by atoms with Crippen LogP contribution in [0.15, 0.2) is 42.7 Å². The summed E-state index contributed by atoms with van der Waals surface area (Å²) in [6.07, 6.45) is 3.49. The number of nitrogens with zero attached hydrogens (tertiary/aromatic N) is 2. The monoisotopic (exact) mass is 239 g/mol. The van der Waals surface area contributed by atoms with E-state index in [1.54, 1.807) is 25.6 Å². The standard InChI is InChI=1S/C14H13N3O/c1-18-14-5-4-11(7-12(14)8-15)9-17-13-3-2-6-16-10-13/h2-7,10,17H,9H2,1H3. The molecule has 1 aromatic heterocycles. The van der Waals surface area contributed by atoms with Crippen LogP contribution in [0.2, 0.25) is 0 Å². The van der Waals surface area contributed by atoms with Crippen LogP contribution in [0.5, 0.6) is 5.75 Å². The van der Waals surface area contributed by atoms with Gasteiger partial charge in [0.25, 0.3) is 0 Å². The highest BCUT2D eigenvalue weighted by atomic mass is 16.5. The zero-order valence-electron chi connectivity index (χ0n) is 10.1. The molecule has 0 spiro atoms. The van der Waals surface area contributed by atoms with Crippen LogP contribution in [0.1, 0.15) is 11.1 Å². The van der Waals surface area contributed by atoms with Crippen LogP contribution in [-0.2, 0) is 6.54 Å². The fourth-order valence-electron chi connectivity index (χ4n) is 1.62. The molecule has 0 radical (unpaired) electrons. The molecule has 2 rings (SSSR count). The summed E-state index contributed by atoms with van der Waals surface area (Å²) < 4.78 is 5.10. The van der Waals surface area contributed by atoms with E-state index in [2.05, 4.69) is 16.4 Å². The van der Waals surface area contributed by atoms with Crippen molar-refractivity contribution >= 4 is 5.69 Å². The number of nitrogens with one attached hydrogen (secondary N) is 1. The van der Waals surface area contributed by atoms with Crippen LogP contribution in [0.3, 0.4) is 0 Å². The van der Waals surface area contributed by atoms with Gasteiger partial charge in [-0.3, -0.25) is 4.98 Å². The third-order valence-electron chi connectivity index (χ3n) is 2.54. The molecule has 0 aliphatic carbocycles. The Balaban J connectivity index is 2.09. The molecular formula is C14H13N3O. The molecule has 0 bridgehead atoms. The summed E-state index contributed by atoms with van der Waals surface area (Å²) in [5, 5.41) is 12.2. The normalized spacial score (nSPS) is 9.56. The van der Waals surface area contributed by atoms with Gasteiger partial charge in [0, 0.05) is 18.9 Å². The second-order valence-corrected chi connectivity index (χ2v) is 3.74. The summed E-state index contributed by atoms with van der Waals surface area (Å²) in [7, 11) is 1.56. The summed E-state index contributed by atoms with van der Waals surface area (Å²) in [5.41, 5.74) is 2.52. The zero-order chi connectivity index (χ0) is 12.8. The maximum absolute atomic E-state index is 9.00. The molecule has 4 heteroatoms. The number of nitriles is 1. The first kappa shape index (κ1) is 11.9. The topological polar surface area (TPSA) is 57.9 Å². The minimum atomic E-state index is 0.544. The van der Waals surface area contributed by atoms with Gasteiger partial charge < -0.3 is 10.1 Å². The minimum absolute atomic E-state index is 0.544. The van der Waals surface area contributed by atoms with Crippen molar-refractivity contribution in [3.63, 3.8) is 0 Å². The number of benzene rings is 1. The maximum Gasteiger partial charge on any atom is 0.136 e. The molecule has 0 atom stereocenters. The van der Waals surface area contributed by atoms with Gasteiger partial charge in [0.15, 0.2) is 0 Å². The molecule has 0 aliphatic rings. The van der Waals surface area contributed by atoms with Gasteiger partial charge in [-0.1, -0.05) is 6.07 Å². The van der Waals surface area contributed by atoms with Gasteiger partial charge in [-0.2, -0.15) is 5.26 Å². The summed E-state index contributed by atoms with van der Waals surface area (Å²) in [4.78, 5) is 4.02. The molecule has 0 saturated heterocycles. The van der Waals surface area contributed by atoms with Crippen LogP contribution in [-0.4, -0.2) is 12.1 Å². The number of methoxy groups -OCH3 is 1. The SMILES string of the molecule is COc1ccc(CNc2cccnc2)cc1C#N. The lowest BCUT2D eigenvalue weighted by Gasteiger charge is -2.08. The Bertz CT molecular complexity index is 561. The molecule has 18 heavy (non-hydrogen) atoms. The number of pyridine rings is 1. The predicted molar refractivity (Wildman–Crippen MR) is 69.3 cm³/mol. The van der Waals surface area contributed by atoms with Crippen molar-refractivity contribution in [3.05, 3.63) is 53.9 Å². The van der Waals surface area contributed by atoms with Crippen molar-refractivity contribution in [1.29, 1.82) is 5.26 Å². The Morgan fingerprint density at radius 1 is 1.39 bits per heavy atom. The molecule has 0 saturated carbocycles. The van der Waals surface area contributed by atoms with Gasteiger partial charge in [0.2, 0.25) is 0 Å². The van der Waals surface area contributed by atoms with E-state index >= 15 is 0 Å². The van der Waals surface area contributed by atoms with Crippen molar-refractivity contribution in [2.75, 3.05) is 12.4 Å². The van der Waals surface area contributed by atoms with Crippen LogP contribution in [0.25, 0.3) is 0 Å². The fraction of sp³-hybridized carbons (Fsp3) is 0.143. The van der Waals surface area contributed by atoms with E-state index in [0.717, 1.165) is 11.3 Å². The first-order chi connectivity index (χ1) is 8.83. The van der Waals surface area contributed by atoms with Gasteiger partial charge in [0.05, 0.1) is 18.4 Å². The quantitative estimate of drug-likeness (QED) is 0.890. The van der Waals surface area contributed by atoms with Gasteiger partial charge in [-0.25, -0.2) is 0 Å². The largest absolute Gasteiger partial charge is 0.495 e. The highest BCUT2D eigenvalue weighted by Gasteiger charge is 2.03. The molecule has 1 aromatic carbocycles. The maximum atomic E-state index is 9.00. The minimum Gasteiger partial charge on any atom is -0.495 e. The average Bonchev–Trinajstić information content (AvgIpc) is 2.45. The number of ether oxygens (including phenoxy) is 1. The predicted octanol–water partition coefficient (Wildman–Crippen LogP) is 2.57. The molecular weight excluding hydrogens is 226 g/mol. The lowest BCUT2D eigenvalue weighted by molar-refractivity contribution is 0.413. The van der Waals surface area contributed by atoms with Crippen LogP contribution < -0.4 is 10.1 Å². The number of anilines is 1. The van der Waals surface area contributed by atoms with E-state index in [1.807, 2.05) is 24.3 Å². The summed E-state index contributed by atoms with van der Waals surface area (Å²) in [5.74, 6) is 0.600. The summed E-state index contributed by atoms with van der Waals surface area (Å²) in [6.45, 7) is 0.643. The Labute approximate surface area is 106 Å². The number of hydrogen-bond acceptors (Lipinski definition) is 4. The van der Waals surface area contributed by atoms with Crippen molar-refractivity contribution < 1.29 is 4.74 Å². The van der Waals surface area contributed by atoms with E-state index in [0.29, 0.717) is 17.9 Å². The third-order valence-corrected chi connectivity index (χ3v) is 2.54. The second-order valence-electron chi connectivity index (χ2n) is 3.74. The molecule has 0 amide bonds. The van der Waals surface area contributed by atoms with Crippen molar-refractivity contribution in [2.24, 2.45) is 0 Å². The summed E-state index contributed by atoms with van der Waals surface area (Å²) >= 11 is 0. The fourth-order valence-corrected chi connectivity index (χ4v) is 1.62. The van der Waals surface area contributed by atoms with Crippen LogP contribution in [0, 0.1) is 11.3 Å². The van der Waals surface area contributed by atoms with E-state index < -0.39 is 0 Å².